The fourth-order valence-electron chi connectivity index (χ4n) is 5.81. The molecule has 36 heavy (non-hydrogen) atoms. The number of halogens is 1. The van der Waals surface area contributed by atoms with Gasteiger partial charge >= 0.3 is 6.03 Å². The van der Waals surface area contributed by atoms with Crippen molar-refractivity contribution >= 4 is 46.2 Å². The van der Waals surface area contributed by atoms with Gasteiger partial charge in [-0.25, -0.2) is 9.78 Å². The number of amides is 2. The third kappa shape index (κ3) is 4.71. The molecule has 0 radical (unpaired) electrons. The molecule has 0 aromatic carbocycles. The summed E-state index contributed by atoms with van der Waals surface area (Å²) in [5.74, 6) is 0.0419. The van der Waals surface area contributed by atoms with E-state index in [1.165, 1.54) is 16.2 Å². The molecule has 3 aliphatic rings. The molecule has 0 spiro atoms. The van der Waals surface area contributed by atoms with Crippen LogP contribution >= 0.6 is 34.3 Å². The van der Waals surface area contributed by atoms with Crippen LogP contribution in [0, 0.1) is 0 Å². The van der Waals surface area contributed by atoms with Crippen molar-refractivity contribution in [2.75, 3.05) is 26.3 Å². The minimum atomic E-state index is -0.190. The second kappa shape index (κ2) is 10.2. The number of morpholine rings is 1. The lowest BCUT2D eigenvalue weighted by Gasteiger charge is -2.42. The number of fused-ring (bicyclic) bond motifs is 2. The van der Waals surface area contributed by atoms with Crippen LogP contribution in [0.4, 0.5) is 4.79 Å². The summed E-state index contributed by atoms with van der Waals surface area (Å²) in [4.78, 5) is 36.0. The summed E-state index contributed by atoms with van der Waals surface area (Å²) in [6.07, 6.45) is 5.32. The largest absolute Gasteiger partial charge is 0.378 e. The Hall–Kier alpha value is -2.27. The number of aryl methyl sites for hydroxylation is 2. The Morgan fingerprint density at radius 1 is 1.11 bits per heavy atom. The molecule has 2 unspecified atom stereocenters. The normalized spacial score (nSPS) is 23.9. The molecule has 11 heteroatoms. The number of carbonyl (C=O) groups is 2. The molecule has 0 N–H and O–H groups in total. The molecule has 2 atom stereocenters. The van der Waals surface area contributed by atoms with Crippen molar-refractivity contribution in [2.45, 2.75) is 56.5 Å². The van der Waals surface area contributed by atoms with Gasteiger partial charge in [-0.05, 0) is 56.7 Å². The first-order valence-corrected chi connectivity index (χ1v) is 14.6. The first-order valence-electron chi connectivity index (χ1n) is 12.5. The minimum absolute atomic E-state index is 0.156. The minimum Gasteiger partial charge on any atom is -0.378 e. The number of rotatable bonds is 5. The number of hydrogen-bond acceptors (Lipinski definition) is 7. The maximum atomic E-state index is 13.3. The maximum Gasteiger partial charge on any atom is 0.320 e. The fraction of sp³-hybridized carbons (Fsp3) is 0.520. The highest BCUT2D eigenvalue weighted by molar-refractivity contribution is 7.16. The summed E-state index contributed by atoms with van der Waals surface area (Å²) >= 11 is 9.09. The van der Waals surface area contributed by atoms with Crippen LogP contribution in [0.25, 0.3) is 0 Å². The van der Waals surface area contributed by atoms with Gasteiger partial charge in [-0.15, -0.1) is 22.7 Å². The van der Waals surface area contributed by atoms with E-state index in [0.717, 1.165) is 47.8 Å². The van der Waals surface area contributed by atoms with E-state index in [0.29, 0.717) is 38.4 Å². The molecular formula is C25H28ClN5O3S2. The van der Waals surface area contributed by atoms with Crippen LogP contribution in [0.3, 0.4) is 0 Å². The Labute approximate surface area is 222 Å². The van der Waals surface area contributed by atoms with Gasteiger partial charge in [0, 0.05) is 47.0 Å². The number of hydrogen-bond donors (Lipinski definition) is 0. The molecule has 0 aliphatic carbocycles. The van der Waals surface area contributed by atoms with Gasteiger partial charge in [-0.1, -0.05) is 11.6 Å². The van der Waals surface area contributed by atoms with E-state index < -0.39 is 0 Å². The molecule has 6 heterocycles. The Kier molecular flexibility index (Phi) is 6.85. The Balaban J connectivity index is 1.22. The SMILES string of the molecule is O=C(N1CCOCC1)N1C2CCC1CC(c1cc(CCc3ccc(Cl)s3)n(C(=O)c3cscn3)n1)C2. The summed E-state index contributed by atoms with van der Waals surface area (Å²) in [5.41, 5.74) is 3.94. The molecule has 190 valence electrons. The zero-order valence-corrected chi connectivity index (χ0v) is 22.2. The number of urea groups is 1. The van der Waals surface area contributed by atoms with Gasteiger partial charge in [-0.3, -0.25) is 4.79 Å². The zero-order valence-electron chi connectivity index (χ0n) is 19.8. The highest BCUT2D eigenvalue weighted by atomic mass is 35.5. The van der Waals surface area contributed by atoms with E-state index in [9.17, 15) is 9.59 Å². The van der Waals surface area contributed by atoms with Crippen molar-refractivity contribution in [2.24, 2.45) is 0 Å². The molecule has 3 aliphatic heterocycles. The van der Waals surface area contributed by atoms with Gasteiger partial charge < -0.3 is 14.5 Å². The van der Waals surface area contributed by atoms with E-state index in [1.54, 1.807) is 26.9 Å². The lowest BCUT2D eigenvalue weighted by atomic mass is 9.88. The number of carbonyl (C=O) groups excluding carboxylic acids is 2. The van der Waals surface area contributed by atoms with Gasteiger partial charge in [0.15, 0.2) is 0 Å². The number of piperidine rings is 1. The number of thiophene rings is 1. The van der Waals surface area contributed by atoms with Crippen molar-refractivity contribution in [3.05, 3.63) is 55.4 Å². The molecule has 3 fully saturated rings. The standard InChI is InChI=1S/C25H28ClN5O3S2/c26-23-6-5-20(36-23)4-3-19-13-21(28-31(19)24(32)22-14-35-15-27-22)16-11-17-1-2-18(12-16)30(17)25(33)29-7-9-34-10-8-29/h5-6,13-18H,1-4,7-12H2. The molecule has 3 aromatic heterocycles. The monoisotopic (exact) mass is 545 g/mol. The molecule has 2 amide bonds. The van der Waals surface area contributed by atoms with E-state index in [1.807, 2.05) is 17.0 Å². The van der Waals surface area contributed by atoms with Crippen LogP contribution < -0.4 is 0 Å². The number of nitrogens with zero attached hydrogens (tertiary/aromatic N) is 5. The van der Waals surface area contributed by atoms with Crippen molar-refractivity contribution in [3.8, 4) is 0 Å². The summed E-state index contributed by atoms with van der Waals surface area (Å²) < 4.78 is 7.75. The number of thiazole rings is 1. The number of ether oxygens (including phenoxy) is 1. The highest BCUT2D eigenvalue weighted by Crippen LogP contribution is 2.43. The second-order valence-corrected chi connectivity index (χ2v) is 12.2. The molecule has 8 nitrogen and oxygen atoms in total. The van der Waals surface area contributed by atoms with Crippen LogP contribution in [-0.2, 0) is 17.6 Å². The maximum absolute atomic E-state index is 13.3. The average Bonchev–Trinajstić information content (AvgIpc) is 3.69. The van der Waals surface area contributed by atoms with E-state index >= 15 is 0 Å². The molecule has 2 bridgehead atoms. The first kappa shape index (κ1) is 24.1. The Morgan fingerprint density at radius 3 is 2.56 bits per heavy atom. The molecule has 0 saturated carbocycles. The average molecular weight is 546 g/mol. The molecular weight excluding hydrogens is 518 g/mol. The Bertz CT molecular complexity index is 1220. The summed E-state index contributed by atoms with van der Waals surface area (Å²) in [5, 5.41) is 6.61. The lowest BCUT2D eigenvalue weighted by Crippen LogP contribution is -2.54. The number of aromatic nitrogens is 3. The molecule has 3 saturated heterocycles. The van der Waals surface area contributed by atoms with Gasteiger partial charge in [-0.2, -0.15) is 9.78 Å². The van der Waals surface area contributed by atoms with Crippen molar-refractivity contribution < 1.29 is 14.3 Å². The lowest BCUT2D eigenvalue weighted by molar-refractivity contribution is 0.0330. The molecule has 6 rings (SSSR count). The van der Waals surface area contributed by atoms with Crippen LogP contribution in [-0.4, -0.2) is 74.9 Å². The van der Waals surface area contributed by atoms with E-state index in [-0.39, 0.29) is 29.9 Å². The zero-order chi connectivity index (χ0) is 24.6. The van der Waals surface area contributed by atoms with Crippen LogP contribution in [0.1, 0.15) is 58.4 Å². The summed E-state index contributed by atoms with van der Waals surface area (Å²) in [7, 11) is 0. The van der Waals surface area contributed by atoms with Crippen LogP contribution in [0.2, 0.25) is 4.34 Å². The summed E-state index contributed by atoms with van der Waals surface area (Å²) in [6.45, 7) is 2.56. The summed E-state index contributed by atoms with van der Waals surface area (Å²) in [6, 6.07) is 6.65. The van der Waals surface area contributed by atoms with E-state index in [4.69, 9.17) is 21.4 Å². The van der Waals surface area contributed by atoms with Crippen molar-refractivity contribution in [3.63, 3.8) is 0 Å². The Morgan fingerprint density at radius 2 is 1.89 bits per heavy atom. The van der Waals surface area contributed by atoms with Crippen molar-refractivity contribution in [1.29, 1.82) is 0 Å². The highest BCUT2D eigenvalue weighted by Gasteiger charge is 2.45. The topological polar surface area (TPSA) is 80.6 Å². The predicted octanol–water partition coefficient (Wildman–Crippen LogP) is 4.69. The van der Waals surface area contributed by atoms with Gasteiger partial charge in [0.25, 0.3) is 5.91 Å². The van der Waals surface area contributed by atoms with E-state index in [2.05, 4.69) is 16.0 Å². The van der Waals surface area contributed by atoms with Crippen molar-refractivity contribution in [1.82, 2.24) is 24.6 Å². The molecule has 3 aromatic rings. The third-order valence-corrected chi connectivity index (χ3v) is 9.43. The quantitative estimate of drug-likeness (QED) is 0.464. The first-order chi connectivity index (χ1) is 17.6. The fourth-order valence-corrected chi connectivity index (χ4v) is 7.42. The third-order valence-electron chi connectivity index (χ3n) is 7.56. The van der Waals surface area contributed by atoms with Crippen LogP contribution in [0.5, 0.6) is 0 Å². The van der Waals surface area contributed by atoms with Gasteiger partial charge in [0.2, 0.25) is 0 Å². The van der Waals surface area contributed by atoms with Gasteiger partial charge in [0.05, 0.1) is 28.8 Å². The predicted molar refractivity (Wildman–Crippen MR) is 139 cm³/mol. The second-order valence-electron chi connectivity index (χ2n) is 9.70. The van der Waals surface area contributed by atoms with Gasteiger partial charge in [0.1, 0.15) is 5.69 Å². The van der Waals surface area contributed by atoms with Crippen LogP contribution in [0.15, 0.2) is 29.1 Å². The smallest absolute Gasteiger partial charge is 0.320 e.